The number of nitrogen functional groups attached to an aromatic ring is 1. The lowest BCUT2D eigenvalue weighted by Gasteiger charge is -2.14. The smallest absolute Gasteiger partial charge is 0.264 e. The molecule has 0 spiro atoms. The summed E-state index contributed by atoms with van der Waals surface area (Å²) in [7, 11) is -3.70. The molecule has 0 fully saturated rings. The van der Waals surface area contributed by atoms with Crippen LogP contribution in [0, 0.1) is 13.8 Å². The van der Waals surface area contributed by atoms with Gasteiger partial charge < -0.3 is 5.73 Å². The maximum Gasteiger partial charge on any atom is 0.264 e. The first-order chi connectivity index (χ1) is 8.92. The lowest BCUT2D eigenvalue weighted by atomic mass is 10.1. The fourth-order valence-corrected chi connectivity index (χ4v) is 3.28. The second kappa shape index (κ2) is 4.89. The second-order valence-electron chi connectivity index (χ2n) is 4.28. The zero-order valence-electron chi connectivity index (χ0n) is 10.7. The molecule has 19 heavy (non-hydrogen) atoms. The molecule has 0 saturated carbocycles. The molecule has 0 aliphatic rings. The molecule has 0 aliphatic heterocycles. The number of nitrogens with one attached hydrogen (secondary N) is 1. The minimum absolute atomic E-state index is 0.129. The Labute approximate surface area is 112 Å². The van der Waals surface area contributed by atoms with Crippen LogP contribution >= 0.6 is 0 Å². The lowest BCUT2D eigenvalue weighted by molar-refractivity contribution is 0.601. The Morgan fingerprint density at radius 2 is 1.63 bits per heavy atom. The summed E-state index contributed by atoms with van der Waals surface area (Å²) < 4.78 is 27.3. The first-order valence-corrected chi connectivity index (χ1v) is 7.18. The van der Waals surface area contributed by atoms with Gasteiger partial charge in [0.1, 0.15) is 4.90 Å². The Morgan fingerprint density at radius 3 is 2.26 bits per heavy atom. The Morgan fingerprint density at radius 1 is 1.05 bits per heavy atom. The fourth-order valence-electron chi connectivity index (χ4n) is 1.79. The Balaban J connectivity index is 2.49. The number of nitrogens with zero attached hydrogens (tertiary/aromatic N) is 1. The summed E-state index contributed by atoms with van der Waals surface area (Å²) in [5.74, 6) is 0. The second-order valence-corrected chi connectivity index (χ2v) is 5.90. The SMILES string of the molecule is Cc1ccc(C)c(S(=O)(=O)Nc2ccncc2)c1N. The van der Waals surface area contributed by atoms with Gasteiger partial charge in [-0.25, -0.2) is 8.42 Å². The fraction of sp³-hybridized carbons (Fsp3) is 0.154. The molecule has 0 unspecified atom stereocenters. The number of aryl methyl sites for hydroxylation is 2. The van der Waals surface area contributed by atoms with Gasteiger partial charge in [0.2, 0.25) is 0 Å². The Kier molecular flexibility index (Phi) is 3.44. The number of sulfonamides is 1. The van der Waals surface area contributed by atoms with E-state index in [-0.39, 0.29) is 10.6 Å². The van der Waals surface area contributed by atoms with E-state index in [1.807, 2.05) is 0 Å². The number of pyridine rings is 1. The lowest BCUT2D eigenvalue weighted by Crippen LogP contribution is -2.16. The van der Waals surface area contributed by atoms with Crippen LogP contribution in [0.2, 0.25) is 0 Å². The summed E-state index contributed by atoms with van der Waals surface area (Å²) in [5, 5.41) is 0. The zero-order chi connectivity index (χ0) is 14.0. The molecular weight excluding hydrogens is 262 g/mol. The third-order valence-corrected chi connectivity index (χ3v) is 4.40. The van der Waals surface area contributed by atoms with Gasteiger partial charge in [-0.1, -0.05) is 12.1 Å². The van der Waals surface area contributed by atoms with Crippen molar-refractivity contribution in [3.8, 4) is 0 Å². The highest BCUT2D eigenvalue weighted by atomic mass is 32.2. The summed E-state index contributed by atoms with van der Waals surface area (Å²) in [4.78, 5) is 3.97. The number of benzene rings is 1. The number of hydrogen-bond donors (Lipinski definition) is 2. The number of rotatable bonds is 3. The van der Waals surface area contributed by atoms with Gasteiger partial charge in [-0.15, -0.1) is 0 Å². The highest BCUT2D eigenvalue weighted by molar-refractivity contribution is 7.93. The van der Waals surface area contributed by atoms with E-state index >= 15 is 0 Å². The van der Waals surface area contributed by atoms with Crippen molar-refractivity contribution in [1.82, 2.24) is 4.98 Å². The van der Waals surface area contributed by atoms with Crippen molar-refractivity contribution in [1.29, 1.82) is 0 Å². The molecule has 0 radical (unpaired) electrons. The molecule has 0 saturated heterocycles. The first kappa shape index (κ1) is 13.4. The number of anilines is 2. The minimum atomic E-state index is -3.70. The van der Waals surface area contributed by atoms with Gasteiger partial charge in [0.05, 0.1) is 11.4 Å². The van der Waals surface area contributed by atoms with Crippen molar-refractivity contribution in [2.24, 2.45) is 0 Å². The van der Waals surface area contributed by atoms with Gasteiger partial charge in [0.25, 0.3) is 10.0 Å². The van der Waals surface area contributed by atoms with E-state index in [9.17, 15) is 8.42 Å². The highest BCUT2D eigenvalue weighted by Gasteiger charge is 2.21. The summed E-state index contributed by atoms with van der Waals surface area (Å²) in [6.07, 6.45) is 3.04. The molecule has 2 aromatic rings. The molecule has 0 aliphatic carbocycles. The topological polar surface area (TPSA) is 85.1 Å². The van der Waals surface area contributed by atoms with Crippen LogP contribution in [0.25, 0.3) is 0 Å². The van der Waals surface area contributed by atoms with E-state index < -0.39 is 10.0 Å². The van der Waals surface area contributed by atoms with E-state index in [1.165, 1.54) is 12.4 Å². The quantitative estimate of drug-likeness (QED) is 0.841. The molecule has 2 rings (SSSR count). The van der Waals surface area contributed by atoms with Crippen molar-refractivity contribution in [2.75, 3.05) is 10.5 Å². The molecule has 0 atom stereocenters. The summed E-state index contributed by atoms with van der Waals surface area (Å²) in [6, 6.07) is 6.71. The number of aromatic nitrogens is 1. The maximum absolute atomic E-state index is 12.4. The van der Waals surface area contributed by atoms with Crippen molar-refractivity contribution in [3.63, 3.8) is 0 Å². The predicted octanol–water partition coefficient (Wildman–Crippen LogP) is 2.08. The van der Waals surface area contributed by atoms with Gasteiger partial charge in [0, 0.05) is 12.4 Å². The molecule has 1 aromatic heterocycles. The molecule has 100 valence electrons. The van der Waals surface area contributed by atoms with Crippen LogP contribution < -0.4 is 10.5 Å². The minimum Gasteiger partial charge on any atom is -0.397 e. The molecule has 1 heterocycles. The largest absolute Gasteiger partial charge is 0.397 e. The average Bonchev–Trinajstić information content (AvgIpc) is 2.35. The van der Waals surface area contributed by atoms with Crippen LogP contribution in [0.3, 0.4) is 0 Å². The van der Waals surface area contributed by atoms with Crippen LogP contribution in [0.1, 0.15) is 11.1 Å². The molecule has 0 bridgehead atoms. The van der Waals surface area contributed by atoms with Gasteiger partial charge >= 0.3 is 0 Å². The molecule has 6 heteroatoms. The summed E-state index contributed by atoms with van der Waals surface area (Å²) >= 11 is 0. The molecule has 0 amide bonds. The van der Waals surface area contributed by atoms with E-state index in [1.54, 1.807) is 38.1 Å². The number of hydrogen-bond acceptors (Lipinski definition) is 4. The normalized spacial score (nSPS) is 11.3. The van der Waals surface area contributed by atoms with E-state index in [4.69, 9.17) is 5.73 Å². The van der Waals surface area contributed by atoms with Crippen LogP contribution in [0.5, 0.6) is 0 Å². The molecule has 1 aromatic carbocycles. The van der Waals surface area contributed by atoms with Crippen molar-refractivity contribution < 1.29 is 8.42 Å². The van der Waals surface area contributed by atoms with Crippen LogP contribution in [-0.4, -0.2) is 13.4 Å². The molecule has 3 N–H and O–H groups in total. The van der Waals surface area contributed by atoms with Crippen molar-refractivity contribution in [3.05, 3.63) is 47.8 Å². The molecular formula is C13H15N3O2S. The standard InChI is InChI=1S/C13H15N3O2S/c1-9-3-4-10(2)13(12(9)14)19(17,18)16-11-5-7-15-8-6-11/h3-8H,14H2,1-2H3,(H,15,16). The predicted molar refractivity (Wildman–Crippen MR) is 75.4 cm³/mol. The molecule has 5 nitrogen and oxygen atoms in total. The van der Waals surface area contributed by atoms with Crippen LogP contribution in [-0.2, 0) is 10.0 Å². The summed E-state index contributed by atoms with van der Waals surface area (Å²) in [6.45, 7) is 3.50. The van der Waals surface area contributed by atoms with E-state index in [0.717, 1.165) is 5.56 Å². The van der Waals surface area contributed by atoms with E-state index in [0.29, 0.717) is 11.3 Å². The summed E-state index contributed by atoms with van der Waals surface area (Å²) in [5.41, 5.74) is 7.98. The Bertz CT molecular complexity index is 697. The van der Waals surface area contributed by atoms with Gasteiger partial charge in [-0.3, -0.25) is 9.71 Å². The Hall–Kier alpha value is -2.08. The van der Waals surface area contributed by atoms with Crippen molar-refractivity contribution in [2.45, 2.75) is 18.7 Å². The van der Waals surface area contributed by atoms with Gasteiger partial charge in [-0.05, 0) is 37.1 Å². The van der Waals surface area contributed by atoms with Crippen LogP contribution in [0.15, 0.2) is 41.6 Å². The monoisotopic (exact) mass is 277 g/mol. The number of nitrogens with two attached hydrogens (primary N) is 1. The third kappa shape index (κ3) is 2.68. The van der Waals surface area contributed by atoms with Gasteiger partial charge in [0.15, 0.2) is 0 Å². The zero-order valence-corrected chi connectivity index (χ0v) is 11.5. The highest BCUT2D eigenvalue weighted by Crippen LogP contribution is 2.27. The average molecular weight is 277 g/mol. The third-order valence-electron chi connectivity index (χ3n) is 2.81. The maximum atomic E-state index is 12.4. The first-order valence-electron chi connectivity index (χ1n) is 5.70. The van der Waals surface area contributed by atoms with E-state index in [2.05, 4.69) is 9.71 Å². The van der Waals surface area contributed by atoms with Crippen LogP contribution in [0.4, 0.5) is 11.4 Å². The van der Waals surface area contributed by atoms with Crippen molar-refractivity contribution >= 4 is 21.4 Å². The van der Waals surface area contributed by atoms with Gasteiger partial charge in [-0.2, -0.15) is 0 Å².